The van der Waals surface area contributed by atoms with Gasteiger partial charge >= 0.3 is 0 Å². The number of ketones is 1. The summed E-state index contributed by atoms with van der Waals surface area (Å²) in [5, 5.41) is 16.0. The van der Waals surface area contributed by atoms with E-state index < -0.39 is 5.92 Å². The Kier molecular flexibility index (Phi) is 5.31. The first-order chi connectivity index (χ1) is 14.5. The van der Waals surface area contributed by atoms with E-state index in [1.54, 1.807) is 43.5 Å². The summed E-state index contributed by atoms with van der Waals surface area (Å²) < 4.78 is 5.35. The van der Waals surface area contributed by atoms with E-state index in [1.807, 2.05) is 19.1 Å². The summed E-state index contributed by atoms with van der Waals surface area (Å²) >= 11 is 0. The van der Waals surface area contributed by atoms with Gasteiger partial charge in [-0.2, -0.15) is 0 Å². The normalized spacial score (nSPS) is 18.6. The third-order valence-corrected chi connectivity index (χ3v) is 5.60. The van der Waals surface area contributed by atoms with Crippen LogP contribution in [0.25, 0.3) is 0 Å². The highest BCUT2D eigenvalue weighted by Crippen LogP contribution is 2.43. The van der Waals surface area contributed by atoms with Crippen molar-refractivity contribution in [3.05, 3.63) is 76.6 Å². The SMILES string of the molecule is COc1ccccc1NC(=O)C1=C(C)NC2=C(C(=O)CCC2)[C@@H]1c1ccc(O)cc1. The molecule has 6 heteroatoms. The minimum Gasteiger partial charge on any atom is -0.508 e. The van der Waals surface area contributed by atoms with Crippen molar-refractivity contribution in [1.29, 1.82) is 0 Å². The first kappa shape index (κ1) is 19.8. The predicted molar refractivity (Wildman–Crippen MR) is 114 cm³/mol. The Hall–Kier alpha value is -3.54. The minimum absolute atomic E-state index is 0.0527. The first-order valence-corrected chi connectivity index (χ1v) is 9.97. The summed E-state index contributed by atoms with van der Waals surface area (Å²) in [4.78, 5) is 26.3. The molecular weight excluding hydrogens is 380 g/mol. The molecule has 1 atom stereocenters. The number of phenolic OH excluding ortho intramolecular Hbond substituents is 1. The average Bonchev–Trinajstić information content (AvgIpc) is 2.74. The second kappa shape index (κ2) is 8.06. The van der Waals surface area contributed by atoms with E-state index in [2.05, 4.69) is 10.6 Å². The second-order valence-electron chi connectivity index (χ2n) is 7.51. The third-order valence-electron chi connectivity index (χ3n) is 5.60. The van der Waals surface area contributed by atoms with Gasteiger partial charge in [0.15, 0.2) is 5.78 Å². The molecule has 0 aromatic heterocycles. The van der Waals surface area contributed by atoms with Crippen LogP contribution in [-0.4, -0.2) is 23.9 Å². The molecule has 30 heavy (non-hydrogen) atoms. The number of amides is 1. The number of aromatic hydroxyl groups is 1. The molecule has 2 aliphatic rings. The van der Waals surface area contributed by atoms with Crippen molar-refractivity contribution in [2.45, 2.75) is 32.1 Å². The van der Waals surface area contributed by atoms with Gasteiger partial charge in [-0.25, -0.2) is 0 Å². The molecular formula is C24H24N2O4. The van der Waals surface area contributed by atoms with Crippen LogP contribution in [0.1, 0.15) is 37.7 Å². The Labute approximate surface area is 175 Å². The monoisotopic (exact) mass is 404 g/mol. The van der Waals surface area contributed by atoms with Gasteiger partial charge < -0.3 is 20.5 Å². The molecule has 6 nitrogen and oxygen atoms in total. The van der Waals surface area contributed by atoms with E-state index in [0.717, 1.165) is 24.1 Å². The number of dihydropyridines is 1. The zero-order chi connectivity index (χ0) is 21.3. The average molecular weight is 404 g/mol. The summed E-state index contributed by atoms with van der Waals surface area (Å²) in [6.45, 7) is 1.85. The summed E-state index contributed by atoms with van der Waals surface area (Å²) in [7, 11) is 1.55. The molecule has 0 bridgehead atoms. The topological polar surface area (TPSA) is 87.7 Å². The minimum atomic E-state index is -0.496. The molecule has 0 fully saturated rings. The number of anilines is 1. The largest absolute Gasteiger partial charge is 0.508 e. The number of phenols is 1. The van der Waals surface area contributed by atoms with Crippen LogP contribution < -0.4 is 15.4 Å². The fraction of sp³-hybridized carbons (Fsp3) is 0.250. The van der Waals surface area contributed by atoms with Gasteiger partial charge in [-0.05, 0) is 49.6 Å². The molecule has 0 unspecified atom stereocenters. The fourth-order valence-electron chi connectivity index (χ4n) is 4.22. The number of ether oxygens (including phenoxy) is 1. The summed E-state index contributed by atoms with van der Waals surface area (Å²) in [6, 6.07) is 13.9. The second-order valence-corrected chi connectivity index (χ2v) is 7.51. The lowest BCUT2D eigenvalue weighted by atomic mass is 9.75. The molecule has 0 saturated carbocycles. The maximum absolute atomic E-state index is 13.4. The van der Waals surface area contributed by atoms with Crippen molar-refractivity contribution in [1.82, 2.24) is 5.32 Å². The molecule has 154 valence electrons. The molecule has 2 aromatic carbocycles. The van der Waals surface area contributed by atoms with Crippen molar-refractivity contribution in [2.75, 3.05) is 12.4 Å². The molecule has 0 spiro atoms. The van der Waals surface area contributed by atoms with Gasteiger partial charge in [-0.1, -0.05) is 24.3 Å². The van der Waals surface area contributed by atoms with Gasteiger partial charge in [0.05, 0.1) is 12.8 Å². The third kappa shape index (κ3) is 3.56. The predicted octanol–water partition coefficient (Wildman–Crippen LogP) is 4.01. The first-order valence-electron chi connectivity index (χ1n) is 9.97. The van der Waals surface area contributed by atoms with Gasteiger partial charge in [-0.3, -0.25) is 9.59 Å². The van der Waals surface area contributed by atoms with Gasteiger partial charge in [0.25, 0.3) is 5.91 Å². The van der Waals surface area contributed by atoms with Crippen molar-refractivity contribution in [2.24, 2.45) is 0 Å². The van der Waals surface area contributed by atoms with E-state index in [4.69, 9.17) is 4.74 Å². The standard InChI is InChI=1S/C24H24N2O4/c1-14-21(24(29)26-17-6-3-4-9-20(17)30-2)22(15-10-12-16(27)13-11-15)23-18(25-14)7-5-8-19(23)28/h3-4,6,9-13,22,25,27H,5,7-8H2,1-2H3,(H,26,29)/t22-/m1/s1. The number of rotatable bonds is 4. The Balaban J connectivity index is 1.78. The van der Waals surface area contributed by atoms with Crippen LogP contribution in [0.5, 0.6) is 11.5 Å². The molecule has 2 aromatic rings. The van der Waals surface area contributed by atoms with Crippen LogP contribution in [0.4, 0.5) is 5.69 Å². The molecule has 0 radical (unpaired) electrons. The molecule has 1 aliphatic carbocycles. The molecule has 1 aliphatic heterocycles. The zero-order valence-corrected chi connectivity index (χ0v) is 17.0. The van der Waals surface area contributed by atoms with Crippen molar-refractivity contribution < 1.29 is 19.4 Å². The Morgan fingerprint density at radius 1 is 1.13 bits per heavy atom. The molecule has 0 saturated heterocycles. The number of benzene rings is 2. The smallest absolute Gasteiger partial charge is 0.254 e. The number of methoxy groups -OCH3 is 1. The van der Waals surface area contributed by atoms with Crippen LogP contribution in [0.2, 0.25) is 0 Å². The Morgan fingerprint density at radius 2 is 1.87 bits per heavy atom. The fourth-order valence-corrected chi connectivity index (χ4v) is 4.22. The van der Waals surface area contributed by atoms with Crippen molar-refractivity contribution >= 4 is 17.4 Å². The van der Waals surface area contributed by atoms with E-state index in [-0.39, 0.29) is 17.4 Å². The van der Waals surface area contributed by atoms with Gasteiger partial charge in [0.2, 0.25) is 0 Å². The summed E-state index contributed by atoms with van der Waals surface area (Å²) in [5.74, 6) is -0.0472. The Morgan fingerprint density at radius 3 is 2.60 bits per heavy atom. The number of carbonyl (C=O) groups excluding carboxylic acids is 2. The van der Waals surface area contributed by atoms with Crippen molar-refractivity contribution in [3.63, 3.8) is 0 Å². The maximum Gasteiger partial charge on any atom is 0.254 e. The number of hydrogen-bond donors (Lipinski definition) is 3. The number of para-hydroxylation sites is 2. The highest BCUT2D eigenvalue weighted by Gasteiger charge is 2.38. The van der Waals surface area contributed by atoms with Crippen LogP contribution in [-0.2, 0) is 9.59 Å². The van der Waals surface area contributed by atoms with Crippen LogP contribution >= 0.6 is 0 Å². The highest BCUT2D eigenvalue weighted by molar-refractivity contribution is 6.10. The molecule has 1 amide bonds. The van der Waals surface area contributed by atoms with Gasteiger partial charge in [0.1, 0.15) is 11.5 Å². The quantitative estimate of drug-likeness (QED) is 0.717. The molecule has 1 heterocycles. The number of allylic oxidation sites excluding steroid dienone is 3. The molecule has 3 N–H and O–H groups in total. The Bertz CT molecular complexity index is 1070. The lowest BCUT2D eigenvalue weighted by Gasteiger charge is -2.34. The van der Waals surface area contributed by atoms with E-state index in [1.165, 1.54) is 0 Å². The lowest BCUT2D eigenvalue weighted by Crippen LogP contribution is -2.35. The zero-order valence-electron chi connectivity index (χ0n) is 17.0. The number of hydrogen-bond acceptors (Lipinski definition) is 5. The van der Waals surface area contributed by atoms with Gasteiger partial charge in [-0.15, -0.1) is 0 Å². The number of nitrogens with one attached hydrogen (secondary N) is 2. The van der Waals surface area contributed by atoms with Gasteiger partial charge in [0, 0.05) is 34.9 Å². The summed E-state index contributed by atoms with van der Waals surface area (Å²) in [5.41, 5.74) is 4.08. The van der Waals surface area contributed by atoms with E-state index in [0.29, 0.717) is 34.7 Å². The van der Waals surface area contributed by atoms with Crippen LogP contribution in [0.15, 0.2) is 71.1 Å². The maximum atomic E-state index is 13.4. The molecule has 4 rings (SSSR count). The van der Waals surface area contributed by atoms with E-state index in [9.17, 15) is 14.7 Å². The van der Waals surface area contributed by atoms with E-state index >= 15 is 0 Å². The highest BCUT2D eigenvalue weighted by atomic mass is 16.5. The number of Topliss-reactive ketones (excluding diaryl/α,β-unsaturated/α-hetero) is 1. The lowest BCUT2D eigenvalue weighted by molar-refractivity contribution is -0.116. The number of carbonyl (C=O) groups is 2. The van der Waals surface area contributed by atoms with Crippen LogP contribution in [0, 0.1) is 0 Å². The van der Waals surface area contributed by atoms with Crippen LogP contribution in [0.3, 0.4) is 0 Å². The summed E-state index contributed by atoms with van der Waals surface area (Å²) in [6.07, 6.45) is 2.03. The van der Waals surface area contributed by atoms with Crippen molar-refractivity contribution in [3.8, 4) is 11.5 Å².